The number of rotatable bonds is 5. The highest BCUT2D eigenvalue weighted by Crippen LogP contribution is 2.22. The van der Waals surface area contributed by atoms with Crippen molar-refractivity contribution in [1.29, 1.82) is 0 Å². The molecule has 0 atom stereocenters. The lowest BCUT2D eigenvalue weighted by atomic mass is 10.1. The number of benzene rings is 1. The van der Waals surface area contributed by atoms with Gasteiger partial charge in [0.15, 0.2) is 11.5 Å². The van der Waals surface area contributed by atoms with Crippen LogP contribution in [-0.4, -0.2) is 41.8 Å². The van der Waals surface area contributed by atoms with E-state index in [2.05, 4.69) is 25.9 Å². The molecule has 10 nitrogen and oxygen atoms in total. The quantitative estimate of drug-likeness (QED) is 0.694. The van der Waals surface area contributed by atoms with Crippen molar-refractivity contribution in [2.24, 2.45) is 12.8 Å². The van der Waals surface area contributed by atoms with Gasteiger partial charge in [0, 0.05) is 24.7 Å². The summed E-state index contributed by atoms with van der Waals surface area (Å²) >= 11 is 0. The summed E-state index contributed by atoms with van der Waals surface area (Å²) in [5.41, 5.74) is 7.39. The van der Waals surface area contributed by atoms with E-state index in [1.165, 1.54) is 4.68 Å². The second-order valence-electron chi connectivity index (χ2n) is 5.65. The number of nitrogens with two attached hydrogens (primary N) is 1. The second-order valence-corrected chi connectivity index (χ2v) is 5.65. The fourth-order valence-corrected chi connectivity index (χ4v) is 2.54. The Morgan fingerprint density at radius 3 is 2.77 bits per heavy atom. The predicted molar refractivity (Wildman–Crippen MR) is 93.3 cm³/mol. The number of primary amides is 1. The van der Waals surface area contributed by atoms with E-state index in [0.29, 0.717) is 34.9 Å². The third-order valence-electron chi connectivity index (χ3n) is 4.02. The van der Waals surface area contributed by atoms with Gasteiger partial charge in [-0.3, -0.25) is 14.3 Å². The van der Waals surface area contributed by atoms with E-state index in [1.54, 1.807) is 36.9 Å². The van der Waals surface area contributed by atoms with Crippen LogP contribution >= 0.6 is 0 Å². The smallest absolute Gasteiger partial charge is 0.271 e. The van der Waals surface area contributed by atoms with Crippen LogP contribution in [0.3, 0.4) is 0 Å². The van der Waals surface area contributed by atoms with E-state index in [-0.39, 0.29) is 11.6 Å². The van der Waals surface area contributed by atoms with Crippen LogP contribution < -0.4 is 11.1 Å². The van der Waals surface area contributed by atoms with E-state index in [9.17, 15) is 9.59 Å². The first kappa shape index (κ1) is 17.3. The van der Waals surface area contributed by atoms with Gasteiger partial charge in [0.2, 0.25) is 0 Å². The number of hydrogen-bond acceptors (Lipinski definition) is 6. The normalized spacial score (nSPS) is 10.7. The standard InChI is InChI=1S/C16H18N8O2/c1-4-24-15(19-21-22-24)10-6-5-7-11(8-10)16(26)18-12-9(2)23(3)20-13(12)14(17)25/h5-8H,4H2,1-3H3,(H2,17,25)(H,18,26). The van der Waals surface area contributed by atoms with Gasteiger partial charge in [-0.1, -0.05) is 12.1 Å². The minimum atomic E-state index is -0.708. The summed E-state index contributed by atoms with van der Waals surface area (Å²) in [6, 6.07) is 6.90. The number of anilines is 1. The summed E-state index contributed by atoms with van der Waals surface area (Å²) in [5, 5.41) is 18.3. The lowest BCUT2D eigenvalue weighted by Gasteiger charge is -2.08. The maximum Gasteiger partial charge on any atom is 0.271 e. The van der Waals surface area contributed by atoms with Gasteiger partial charge in [-0.05, 0) is 36.4 Å². The first-order chi connectivity index (χ1) is 12.4. The van der Waals surface area contributed by atoms with Gasteiger partial charge < -0.3 is 11.1 Å². The predicted octanol–water partition coefficient (Wildman–Crippen LogP) is 0.753. The van der Waals surface area contributed by atoms with Crippen LogP contribution in [0.25, 0.3) is 11.4 Å². The van der Waals surface area contributed by atoms with E-state index in [1.807, 2.05) is 13.0 Å². The minimum absolute atomic E-state index is 0.0180. The zero-order chi connectivity index (χ0) is 18.8. The molecule has 1 aromatic carbocycles. The Balaban J connectivity index is 1.93. The lowest BCUT2D eigenvalue weighted by molar-refractivity contribution is 0.0995. The first-order valence-corrected chi connectivity index (χ1v) is 7.93. The third-order valence-corrected chi connectivity index (χ3v) is 4.02. The van der Waals surface area contributed by atoms with Crippen molar-refractivity contribution >= 4 is 17.5 Å². The zero-order valence-corrected chi connectivity index (χ0v) is 14.6. The van der Waals surface area contributed by atoms with Crippen LogP contribution in [0.2, 0.25) is 0 Å². The maximum absolute atomic E-state index is 12.7. The van der Waals surface area contributed by atoms with Crippen molar-refractivity contribution in [1.82, 2.24) is 30.0 Å². The molecule has 2 amide bonds. The molecule has 26 heavy (non-hydrogen) atoms. The van der Waals surface area contributed by atoms with Gasteiger partial charge in [-0.25, -0.2) is 4.68 Å². The highest BCUT2D eigenvalue weighted by atomic mass is 16.2. The number of aryl methyl sites for hydroxylation is 2. The Morgan fingerprint density at radius 2 is 2.08 bits per heavy atom. The van der Waals surface area contributed by atoms with Crippen molar-refractivity contribution < 1.29 is 9.59 Å². The molecule has 2 heterocycles. The average molecular weight is 354 g/mol. The van der Waals surface area contributed by atoms with Gasteiger partial charge >= 0.3 is 0 Å². The third kappa shape index (κ3) is 3.04. The van der Waals surface area contributed by atoms with Crippen LogP contribution in [0.1, 0.15) is 33.5 Å². The van der Waals surface area contributed by atoms with Gasteiger partial charge in [-0.2, -0.15) is 5.10 Å². The van der Waals surface area contributed by atoms with Gasteiger partial charge in [-0.15, -0.1) is 5.10 Å². The number of tetrazole rings is 1. The Labute approximate surface area is 149 Å². The molecule has 0 aliphatic carbocycles. The number of aromatic nitrogens is 6. The number of nitrogens with one attached hydrogen (secondary N) is 1. The fourth-order valence-electron chi connectivity index (χ4n) is 2.54. The van der Waals surface area contributed by atoms with Gasteiger partial charge in [0.05, 0.1) is 11.4 Å². The number of hydrogen-bond donors (Lipinski definition) is 2. The monoisotopic (exact) mass is 354 g/mol. The van der Waals surface area contributed by atoms with Crippen LogP contribution in [-0.2, 0) is 13.6 Å². The summed E-state index contributed by atoms with van der Waals surface area (Å²) in [7, 11) is 1.67. The molecule has 3 aromatic rings. The first-order valence-electron chi connectivity index (χ1n) is 7.93. The van der Waals surface area contributed by atoms with Crippen LogP contribution in [0.15, 0.2) is 24.3 Å². The minimum Gasteiger partial charge on any atom is -0.364 e. The summed E-state index contributed by atoms with van der Waals surface area (Å²) in [6.07, 6.45) is 0. The molecule has 0 radical (unpaired) electrons. The van der Waals surface area contributed by atoms with Crippen molar-refractivity contribution in [2.45, 2.75) is 20.4 Å². The summed E-state index contributed by atoms with van der Waals surface area (Å²) in [6.45, 7) is 4.27. The van der Waals surface area contributed by atoms with Gasteiger partial charge in [0.1, 0.15) is 0 Å². The van der Waals surface area contributed by atoms with E-state index < -0.39 is 5.91 Å². The molecule has 3 N–H and O–H groups in total. The molecule has 134 valence electrons. The molecule has 0 fully saturated rings. The second kappa shape index (κ2) is 6.75. The van der Waals surface area contributed by atoms with E-state index in [4.69, 9.17) is 5.73 Å². The summed E-state index contributed by atoms with van der Waals surface area (Å²) < 4.78 is 3.12. The molecule has 0 aliphatic rings. The van der Waals surface area contributed by atoms with E-state index in [0.717, 1.165) is 0 Å². The Kier molecular flexibility index (Phi) is 4.48. The molecule has 2 aromatic heterocycles. The fraction of sp³-hybridized carbons (Fsp3) is 0.250. The molecule has 0 spiro atoms. The largest absolute Gasteiger partial charge is 0.364 e. The Hall–Kier alpha value is -3.56. The highest BCUT2D eigenvalue weighted by Gasteiger charge is 2.20. The topological polar surface area (TPSA) is 134 Å². The van der Waals surface area contributed by atoms with Crippen LogP contribution in [0, 0.1) is 6.92 Å². The molecule has 0 aliphatic heterocycles. The highest BCUT2D eigenvalue weighted by molar-refractivity contribution is 6.08. The SMILES string of the molecule is CCn1nnnc1-c1cccc(C(=O)Nc2c(C(N)=O)nn(C)c2C)c1. The maximum atomic E-state index is 12.7. The number of nitrogens with zero attached hydrogens (tertiary/aromatic N) is 6. The Bertz CT molecular complexity index is 988. The molecule has 0 saturated heterocycles. The molecule has 10 heteroatoms. The van der Waals surface area contributed by atoms with Crippen molar-refractivity contribution in [2.75, 3.05) is 5.32 Å². The summed E-state index contributed by atoms with van der Waals surface area (Å²) in [4.78, 5) is 24.2. The van der Waals surface area contributed by atoms with Crippen molar-refractivity contribution in [3.63, 3.8) is 0 Å². The molecule has 0 unspecified atom stereocenters. The Morgan fingerprint density at radius 1 is 1.31 bits per heavy atom. The van der Waals surface area contributed by atoms with Gasteiger partial charge in [0.25, 0.3) is 11.8 Å². The number of carbonyl (C=O) groups is 2. The molecular formula is C16H18N8O2. The average Bonchev–Trinajstić information content (AvgIpc) is 3.22. The zero-order valence-electron chi connectivity index (χ0n) is 14.6. The van der Waals surface area contributed by atoms with E-state index >= 15 is 0 Å². The number of amides is 2. The molecule has 3 rings (SSSR count). The lowest BCUT2D eigenvalue weighted by Crippen LogP contribution is -2.18. The number of carbonyl (C=O) groups excluding carboxylic acids is 2. The van der Waals surface area contributed by atoms with Crippen LogP contribution in [0.5, 0.6) is 0 Å². The van der Waals surface area contributed by atoms with Crippen molar-refractivity contribution in [3.8, 4) is 11.4 Å². The molecular weight excluding hydrogens is 336 g/mol. The van der Waals surface area contributed by atoms with Crippen molar-refractivity contribution in [3.05, 3.63) is 41.2 Å². The molecule has 0 saturated carbocycles. The molecule has 0 bridgehead atoms. The summed E-state index contributed by atoms with van der Waals surface area (Å²) in [5.74, 6) is -0.529. The van der Waals surface area contributed by atoms with Crippen LogP contribution in [0.4, 0.5) is 5.69 Å².